The zero-order chi connectivity index (χ0) is 19.5. The lowest BCUT2D eigenvalue weighted by molar-refractivity contribution is 0.0358. The molecule has 1 saturated heterocycles. The van der Waals surface area contributed by atoms with E-state index in [-0.39, 0.29) is 12.1 Å². The van der Waals surface area contributed by atoms with Crippen LogP contribution in [0.25, 0.3) is 0 Å². The van der Waals surface area contributed by atoms with E-state index in [0.29, 0.717) is 5.92 Å². The van der Waals surface area contributed by atoms with Crippen molar-refractivity contribution in [1.29, 1.82) is 0 Å². The molecule has 0 saturated carbocycles. The predicted octanol–water partition coefficient (Wildman–Crippen LogP) is 4.62. The quantitative estimate of drug-likeness (QED) is 0.687. The van der Waals surface area contributed by atoms with Gasteiger partial charge < -0.3 is 9.64 Å². The average Bonchev–Trinajstić information content (AvgIpc) is 3.05. The number of piperazine rings is 1. The van der Waals surface area contributed by atoms with Gasteiger partial charge in [0, 0.05) is 37.4 Å². The maximum absolute atomic E-state index is 11.9. The average molecular weight is 379 g/mol. The topological polar surface area (TPSA) is 32.8 Å². The Bertz CT molecular complexity index is 808. The van der Waals surface area contributed by atoms with Gasteiger partial charge in [-0.15, -0.1) is 0 Å². The fourth-order valence-corrected chi connectivity index (χ4v) is 4.23. The van der Waals surface area contributed by atoms with E-state index in [1.54, 1.807) is 0 Å². The Morgan fingerprint density at radius 3 is 2.43 bits per heavy atom. The van der Waals surface area contributed by atoms with Crippen LogP contribution >= 0.6 is 0 Å². The van der Waals surface area contributed by atoms with Gasteiger partial charge in [0.15, 0.2) is 0 Å². The van der Waals surface area contributed by atoms with Crippen molar-refractivity contribution < 1.29 is 9.53 Å². The maximum atomic E-state index is 11.9. The highest BCUT2D eigenvalue weighted by Crippen LogP contribution is 2.33. The van der Waals surface area contributed by atoms with E-state index < -0.39 is 0 Å². The van der Waals surface area contributed by atoms with Crippen LogP contribution in [0.15, 0.2) is 48.5 Å². The number of carbonyl (C=O) groups is 1. The summed E-state index contributed by atoms with van der Waals surface area (Å²) in [6.45, 7) is 9.86. The molecule has 28 heavy (non-hydrogen) atoms. The lowest BCUT2D eigenvalue weighted by Gasteiger charge is -2.36. The molecule has 2 heterocycles. The first-order chi connectivity index (χ1) is 13.6. The molecule has 0 aliphatic carbocycles. The first-order valence-corrected chi connectivity index (χ1v) is 10.5. The second-order valence-electron chi connectivity index (χ2n) is 8.20. The Labute approximate surface area is 168 Å². The van der Waals surface area contributed by atoms with Gasteiger partial charge in [-0.05, 0) is 49.1 Å². The van der Waals surface area contributed by atoms with Gasteiger partial charge in [-0.3, -0.25) is 4.90 Å². The van der Waals surface area contributed by atoms with Crippen molar-refractivity contribution >= 4 is 11.7 Å². The van der Waals surface area contributed by atoms with Gasteiger partial charge in [0.2, 0.25) is 0 Å². The summed E-state index contributed by atoms with van der Waals surface area (Å²) in [5, 5.41) is 0. The predicted molar refractivity (Wildman–Crippen MR) is 113 cm³/mol. The molecule has 2 aliphatic heterocycles. The van der Waals surface area contributed by atoms with Crippen LogP contribution in [0.4, 0.5) is 5.69 Å². The van der Waals surface area contributed by atoms with Crippen molar-refractivity contribution in [2.45, 2.75) is 38.7 Å². The molecule has 2 aromatic rings. The first kappa shape index (κ1) is 19.0. The fraction of sp³-hybridized carbons (Fsp3) is 0.458. The number of esters is 1. The number of carbonyl (C=O) groups excluding carboxylic acids is 1. The fourth-order valence-electron chi connectivity index (χ4n) is 4.23. The zero-order valence-corrected chi connectivity index (χ0v) is 16.9. The summed E-state index contributed by atoms with van der Waals surface area (Å²) in [6, 6.07) is 16.8. The third-order valence-electron chi connectivity index (χ3n) is 6.01. The molecule has 0 spiro atoms. The number of benzene rings is 2. The Hall–Kier alpha value is -2.33. The van der Waals surface area contributed by atoms with E-state index in [2.05, 4.69) is 47.9 Å². The van der Waals surface area contributed by atoms with Crippen LogP contribution < -0.4 is 4.90 Å². The highest BCUT2D eigenvalue weighted by atomic mass is 16.5. The van der Waals surface area contributed by atoms with E-state index in [9.17, 15) is 4.79 Å². The third kappa shape index (κ3) is 4.07. The van der Waals surface area contributed by atoms with Crippen molar-refractivity contribution in [3.63, 3.8) is 0 Å². The Kier molecular flexibility index (Phi) is 5.67. The standard InChI is InChI=1S/C24H30N2O2/c1-18(2)19-9-11-20(12-10-19)26-16-14-25(15-17-26)13-5-8-23-21-6-3-4-7-22(21)24(27)28-23/h3-4,6-7,9-12,18,23H,5,8,13-17H2,1-2H3. The van der Waals surface area contributed by atoms with Gasteiger partial charge in [0.1, 0.15) is 6.10 Å². The van der Waals surface area contributed by atoms with Crippen LogP contribution in [-0.2, 0) is 4.74 Å². The van der Waals surface area contributed by atoms with E-state index in [1.807, 2.05) is 24.3 Å². The minimum atomic E-state index is -0.169. The Morgan fingerprint density at radius 1 is 1.00 bits per heavy atom. The number of fused-ring (bicyclic) bond motifs is 1. The first-order valence-electron chi connectivity index (χ1n) is 10.5. The Balaban J connectivity index is 1.23. The number of hydrogen-bond donors (Lipinski definition) is 0. The summed E-state index contributed by atoms with van der Waals surface area (Å²) in [7, 11) is 0. The number of rotatable bonds is 6. The van der Waals surface area contributed by atoms with Crippen molar-refractivity contribution in [2.75, 3.05) is 37.6 Å². The van der Waals surface area contributed by atoms with Crippen LogP contribution in [0.5, 0.6) is 0 Å². The van der Waals surface area contributed by atoms with Crippen molar-refractivity contribution in [1.82, 2.24) is 4.90 Å². The zero-order valence-electron chi connectivity index (χ0n) is 16.9. The molecular formula is C24H30N2O2. The van der Waals surface area contributed by atoms with Crippen molar-refractivity contribution in [3.8, 4) is 0 Å². The summed E-state index contributed by atoms with van der Waals surface area (Å²) in [4.78, 5) is 16.9. The van der Waals surface area contributed by atoms with Crippen LogP contribution in [0, 0.1) is 0 Å². The number of nitrogens with zero attached hydrogens (tertiary/aromatic N) is 2. The summed E-state index contributed by atoms with van der Waals surface area (Å²) in [5.41, 5.74) is 4.53. The largest absolute Gasteiger partial charge is 0.454 e. The van der Waals surface area contributed by atoms with Gasteiger partial charge in [-0.2, -0.15) is 0 Å². The van der Waals surface area contributed by atoms with Crippen LogP contribution in [0.3, 0.4) is 0 Å². The van der Waals surface area contributed by atoms with Crippen molar-refractivity contribution in [3.05, 3.63) is 65.2 Å². The number of hydrogen-bond acceptors (Lipinski definition) is 4. The molecule has 4 rings (SSSR count). The van der Waals surface area contributed by atoms with Gasteiger partial charge in [-0.1, -0.05) is 44.2 Å². The van der Waals surface area contributed by atoms with E-state index in [1.165, 1.54) is 11.3 Å². The number of ether oxygens (including phenoxy) is 1. The molecule has 0 N–H and O–H groups in total. The molecule has 1 unspecified atom stereocenters. The summed E-state index contributed by atoms with van der Waals surface area (Å²) in [5.74, 6) is 0.412. The lowest BCUT2D eigenvalue weighted by Crippen LogP contribution is -2.46. The monoisotopic (exact) mass is 378 g/mol. The van der Waals surface area contributed by atoms with Crippen LogP contribution in [-0.4, -0.2) is 43.6 Å². The highest BCUT2D eigenvalue weighted by molar-refractivity contribution is 5.93. The van der Waals surface area contributed by atoms with Gasteiger partial charge in [0.05, 0.1) is 5.56 Å². The molecule has 1 fully saturated rings. The number of cyclic esters (lactones) is 1. The third-order valence-corrected chi connectivity index (χ3v) is 6.01. The van der Waals surface area contributed by atoms with Crippen molar-refractivity contribution in [2.24, 2.45) is 0 Å². The maximum Gasteiger partial charge on any atom is 0.339 e. The molecule has 2 aromatic carbocycles. The molecule has 0 aromatic heterocycles. The van der Waals surface area contributed by atoms with Gasteiger partial charge in [-0.25, -0.2) is 4.79 Å². The summed E-state index contributed by atoms with van der Waals surface area (Å²) >= 11 is 0. The number of anilines is 1. The van der Waals surface area contributed by atoms with E-state index in [4.69, 9.17) is 4.74 Å². The SMILES string of the molecule is CC(C)c1ccc(N2CCN(CCCC3OC(=O)c4ccccc43)CC2)cc1. The molecule has 4 heteroatoms. The molecule has 4 nitrogen and oxygen atoms in total. The Morgan fingerprint density at radius 2 is 1.71 bits per heavy atom. The summed E-state index contributed by atoms with van der Waals surface area (Å²) < 4.78 is 5.56. The van der Waals surface area contributed by atoms with Crippen LogP contribution in [0.1, 0.15) is 60.2 Å². The molecule has 0 radical (unpaired) electrons. The van der Waals surface area contributed by atoms with E-state index in [0.717, 1.165) is 56.7 Å². The second-order valence-corrected chi connectivity index (χ2v) is 8.20. The minimum absolute atomic E-state index is 0.0653. The molecular weight excluding hydrogens is 348 g/mol. The van der Waals surface area contributed by atoms with Gasteiger partial charge in [0.25, 0.3) is 0 Å². The smallest absolute Gasteiger partial charge is 0.339 e. The second kappa shape index (κ2) is 8.36. The van der Waals surface area contributed by atoms with Gasteiger partial charge >= 0.3 is 5.97 Å². The van der Waals surface area contributed by atoms with Crippen LogP contribution in [0.2, 0.25) is 0 Å². The molecule has 0 amide bonds. The molecule has 148 valence electrons. The molecule has 1 atom stereocenters. The molecule has 2 aliphatic rings. The normalized spacial score (nSPS) is 19.8. The summed E-state index contributed by atoms with van der Waals surface area (Å²) in [6.07, 6.45) is 1.89. The van der Waals surface area contributed by atoms with E-state index >= 15 is 0 Å². The molecule has 0 bridgehead atoms. The minimum Gasteiger partial charge on any atom is -0.454 e. The lowest BCUT2D eigenvalue weighted by atomic mass is 10.0. The highest BCUT2D eigenvalue weighted by Gasteiger charge is 2.30.